The lowest BCUT2D eigenvalue weighted by molar-refractivity contribution is -0.972. The van der Waals surface area contributed by atoms with Crippen molar-refractivity contribution in [2.75, 3.05) is 60.4 Å². The van der Waals surface area contributed by atoms with Crippen molar-refractivity contribution in [1.82, 2.24) is 15.1 Å². The number of likely N-dealkylation sites (tertiary alicyclic amines) is 1. The molecule has 2 saturated heterocycles. The van der Waals surface area contributed by atoms with E-state index in [0.29, 0.717) is 46.4 Å². The molecule has 2 heterocycles. The van der Waals surface area contributed by atoms with Gasteiger partial charge in [-0.2, -0.15) is 26.3 Å². The highest BCUT2D eigenvalue weighted by Gasteiger charge is 2.57. The molecule has 2 aliphatic rings. The third kappa shape index (κ3) is 8.42. The van der Waals surface area contributed by atoms with Crippen molar-refractivity contribution in [3.8, 4) is 0 Å². The lowest BCUT2D eigenvalue weighted by Gasteiger charge is -2.56. The number of quaternary nitrogens is 1. The number of benzene rings is 2. The lowest BCUT2D eigenvalue weighted by Crippen LogP contribution is -2.74. The van der Waals surface area contributed by atoms with Crippen molar-refractivity contribution < 1.29 is 40.4 Å². The van der Waals surface area contributed by atoms with Gasteiger partial charge in [-0.15, -0.1) is 0 Å². The molecule has 0 aliphatic carbocycles. The number of carbonyl (C=O) groups excluding carboxylic acids is 2. The molecule has 14 heteroatoms. The predicted molar refractivity (Wildman–Crippen MR) is 174 cm³/mol. The maximum atomic E-state index is 14.0. The van der Waals surface area contributed by atoms with Gasteiger partial charge in [0.25, 0.3) is 5.91 Å². The fourth-order valence-electron chi connectivity index (χ4n) is 7.56. The van der Waals surface area contributed by atoms with Crippen LogP contribution >= 0.6 is 23.2 Å². The second kappa shape index (κ2) is 15.1. The van der Waals surface area contributed by atoms with Crippen LogP contribution in [-0.2, 0) is 28.4 Å². The molecule has 1 unspecified atom stereocenters. The molecule has 1 atom stereocenters. The smallest absolute Gasteiger partial charge is 0.345 e. The van der Waals surface area contributed by atoms with Gasteiger partial charge in [-0.05, 0) is 54.7 Å². The number of nitrogens with zero attached hydrogens (tertiary/aromatic N) is 3. The van der Waals surface area contributed by atoms with Crippen molar-refractivity contribution in [1.29, 1.82) is 0 Å². The Morgan fingerprint density at radius 2 is 1.54 bits per heavy atom. The highest BCUT2D eigenvalue weighted by molar-refractivity contribution is 6.42. The molecule has 6 nitrogen and oxygen atoms in total. The molecule has 2 amide bonds. The minimum absolute atomic E-state index is 0.0499. The molecular formula is C34H43Cl2F6N4O2+. The molecule has 48 heavy (non-hydrogen) atoms. The number of halogens is 8. The van der Waals surface area contributed by atoms with E-state index in [2.05, 4.69) is 5.32 Å². The van der Waals surface area contributed by atoms with Crippen LogP contribution in [0.15, 0.2) is 36.4 Å². The Morgan fingerprint density at radius 3 is 2.10 bits per heavy atom. The van der Waals surface area contributed by atoms with E-state index in [-0.39, 0.29) is 24.4 Å². The quantitative estimate of drug-likeness (QED) is 0.205. The normalized spacial score (nSPS) is 18.6. The minimum Gasteiger partial charge on any atom is -0.345 e. The molecule has 1 N–H and O–H groups in total. The Labute approximate surface area is 287 Å². The van der Waals surface area contributed by atoms with Crippen molar-refractivity contribution >= 4 is 35.0 Å². The third-order valence-electron chi connectivity index (χ3n) is 10.1. The van der Waals surface area contributed by atoms with Crippen LogP contribution in [0, 0.1) is 0 Å². The van der Waals surface area contributed by atoms with Crippen LogP contribution in [0.1, 0.15) is 66.7 Å². The van der Waals surface area contributed by atoms with Gasteiger partial charge >= 0.3 is 12.4 Å². The number of piperidine rings is 2. The van der Waals surface area contributed by atoms with Gasteiger partial charge in [0.15, 0.2) is 5.54 Å². The van der Waals surface area contributed by atoms with Crippen molar-refractivity contribution in [2.24, 2.45) is 0 Å². The topological polar surface area (TPSA) is 52.7 Å². The fourth-order valence-corrected chi connectivity index (χ4v) is 7.87. The van der Waals surface area contributed by atoms with Gasteiger partial charge in [-0.1, -0.05) is 35.3 Å². The Bertz CT molecular complexity index is 1450. The minimum atomic E-state index is -5.08. The molecule has 0 aromatic heterocycles. The summed E-state index contributed by atoms with van der Waals surface area (Å²) in [7, 11) is 5.04. The van der Waals surface area contributed by atoms with E-state index in [1.165, 1.54) is 11.9 Å². The third-order valence-corrected chi connectivity index (χ3v) is 10.9. The number of alkyl halides is 6. The van der Waals surface area contributed by atoms with Crippen LogP contribution < -0.4 is 5.32 Å². The van der Waals surface area contributed by atoms with E-state index in [4.69, 9.17) is 23.2 Å². The van der Waals surface area contributed by atoms with Crippen LogP contribution in [0.3, 0.4) is 0 Å². The number of amides is 2. The van der Waals surface area contributed by atoms with Gasteiger partial charge in [-0.25, -0.2) is 0 Å². The Balaban J connectivity index is 1.64. The van der Waals surface area contributed by atoms with E-state index >= 15 is 0 Å². The number of hydrogen-bond donors (Lipinski definition) is 1. The number of carbonyl (C=O) groups is 2. The lowest BCUT2D eigenvalue weighted by atomic mass is 9.79. The van der Waals surface area contributed by atoms with E-state index in [0.717, 1.165) is 57.1 Å². The number of nitrogens with one attached hydrogen (secondary N) is 1. The molecule has 4 rings (SSSR count). The summed E-state index contributed by atoms with van der Waals surface area (Å²) < 4.78 is 81.7. The maximum Gasteiger partial charge on any atom is 0.416 e. The van der Waals surface area contributed by atoms with Crippen molar-refractivity contribution in [2.45, 2.75) is 68.8 Å². The van der Waals surface area contributed by atoms with Gasteiger partial charge in [-0.3, -0.25) is 9.59 Å². The highest BCUT2D eigenvalue weighted by atomic mass is 35.5. The molecule has 0 radical (unpaired) electrons. The van der Waals surface area contributed by atoms with Gasteiger partial charge < -0.3 is 19.6 Å². The summed E-state index contributed by atoms with van der Waals surface area (Å²) in [4.78, 5) is 30.4. The Morgan fingerprint density at radius 1 is 0.896 bits per heavy atom. The fraction of sp³-hybridized carbons (Fsp3) is 0.588. The van der Waals surface area contributed by atoms with E-state index in [9.17, 15) is 35.9 Å². The first-order valence-corrected chi connectivity index (χ1v) is 16.9. The molecule has 0 bridgehead atoms. The molecule has 0 spiro atoms. The standard InChI is InChI=1S/C34H43Cl2F6N4O2/c1-44(2)31(48)32(12-14-43-15-13-32)46(16-5-4-6-17-46)18-11-25(23-8-10-28(35)29(36)19-23)22-45(3)30(47)20-24-7-9-26(33(37,38)39)21-27(24)34(40,41)42/h7-10,19,21,25,43H,4-6,11-18,20,22H2,1-3H3/q+1. The largest absolute Gasteiger partial charge is 0.416 e. The van der Waals surface area contributed by atoms with Crippen LogP contribution in [0.5, 0.6) is 0 Å². The first kappa shape index (κ1) is 38.3. The highest BCUT2D eigenvalue weighted by Crippen LogP contribution is 2.41. The molecular weight excluding hydrogens is 681 g/mol. The van der Waals surface area contributed by atoms with E-state index < -0.39 is 46.9 Å². The van der Waals surface area contributed by atoms with Gasteiger partial charge in [0.1, 0.15) is 0 Å². The van der Waals surface area contributed by atoms with E-state index in [1.807, 2.05) is 0 Å². The summed E-state index contributed by atoms with van der Waals surface area (Å²) >= 11 is 12.6. The van der Waals surface area contributed by atoms with Crippen molar-refractivity contribution in [3.63, 3.8) is 0 Å². The van der Waals surface area contributed by atoms with Crippen molar-refractivity contribution in [3.05, 3.63) is 68.7 Å². The second-order valence-electron chi connectivity index (χ2n) is 13.3. The van der Waals surface area contributed by atoms with Crippen LogP contribution in [0.25, 0.3) is 0 Å². The molecule has 2 aromatic carbocycles. The summed E-state index contributed by atoms with van der Waals surface area (Å²) in [6.07, 6.45) is -5.85. The Kier molecular flexibility index (Phi) is 12.1. The first-order chi connectivity index (χ1) is 22.4. The first-order valence-electron chi connectivity index (χ1n) is 16.2. The SMILES string of the molecule is CN(C)C(=O)C1([N+]2(CCC(CN(C)C(=O)Cc3ccc(C(F)(F)F)cc3C(F)(F)F)c3ccc(Cl)c(Cl)c3)CCCCC2)CCNCC1. The summed E-state index contributed by atoms with van der Waals surface area (Å²) in [5.74, 6) is -0.903. The monoisotopic (exact) mass is 723 g/mol. The average molecular weight is 725 g/mol. The zero-order chi connectivity index (χ0) is 35.5. The summed E-state index contributed by atoms with van der Waals surface area (Å²) in [5, 5.41) is 4.05. The van der Waals surface area contributed by atoms with Crippen LogP contribution in [0.2, 0.25) is 10.0 Å². The van der Waals surface area contributed by atoms with Crippen LogP contribution in [0.4, 0.5) is 26.3 Å². The van der Waals surface area contributed by atoms with E-state index in [1.54, 1.807) is 37.2 Å². The van der Waals surface area contributed by atoms with Gasteiger partial charge in [0.2, 0.25) is 5.91 Å². The number of likely N-dealkylation sites (N-methyl/N-ethyl adjacent to an activating group) is 2. The molecule has 0 saturated carbocycles. The molecule has 266 valence electrons. The Hall–Kier alpha value is -2.54. The van der Waals surface area contributed by atoms with Gasteiger partial charge in [0, 0.05) is 66.0 Å². The number of rotatable bonds is 10. The second-order valence-corrected chi connectivity index (χ2v) is 14.1. The average Bonchev–Trinajstić information content (AvgIpc) is 3.03. The maximum absolute atomic E-state index is 14.0. The summed E-state index contributed by atoms with van der Waals surface area (Å²) in [5.41, 5.74) is -3.30. The zero-order valence-corrected chi connectivity index (χ0v) is 28.9. The summed E-state index contributed by atoms with van der Waals surface area (Å²) in [6.45, 7) is 3.83. The van der Waals surface area contributed by atoms with Gasteiger partial charge in [0.05, 0.1) is 47.2 Å². The van der Waals surface area contributed by atoms with Crippen LogP contribution in [-0.4, -0.2) is 92.0 Å². The molecule has 2 aromatic rings. The number of hydrogen-bond acceptors (Lipinski definition) is 3. The molecule has 2 aliphatic heterocycles. The predicted octanol–water partition coefficient (Wildman–Crippen LogP) is 7.42. The zero-order valence-electron chi connectivity index (χ0n) is 27.4. The molecule has 2 fully saturated rings. The summed E-state index contributed by atoms with van der Waals surface area (Å²) in [6, 6.07) is 6.51.